The molecule has 0 saturated heterocycles. The molecule has 1 N–H and O–H groups in total. The van der Waals surface area contributed by atoms with Crippen LogP contribution < -0.4 is 4.72 Å². The molecule has 26 heavy (non-hydrogen) atoms. The Kier molecular flexibility index (Phi) is 5.73. The summed E-state index contributed by atoms with van der Waals surface area (Å²) in [7, 11) is 0. The number of nitrogens with one attached hydrogen (secondary N) is 1. The molecule has 0 spiro atoms. The van der Waals surface area contributed by atoms with Gasteiger partial charge in [0.15, 0.2) is 5.58 Å². The van der Waals surface area contributed by atoms with Gasteiger partial charge in [0.1, 0.15) is 5.52 Å². The zero-order valence-corrected chi connectivity index (χ0v) is 18.6. The molecule has 1 aromatic heterocycles. The topological polar surface area (TPSA) is 38.1 Å². The zero-order chi connectivity index (χ0) is 19.1. The van der Waals surface area contributed by atoms with Crippen molar-refractivity contribution < 1.29 is 4.42 Å². The van der Waals surface area contributed by atoms with Gasteiger partial charge in [-0.1, -0.05) is 45.5 Å². The second kappa shape index (κ2) is 7.55. The summed E-state index contributed by atoms with van der Waals surface area (Å²) in [5, 5.41) is 0.582. The second-order valence-electron chi connectivity index (χ2n) is 7.34. The molecule has 1 unspecified atom stereocenters. The molecule has 1 heterocycles. The Morgan fingerprint density at radius 3 is 2.69 bits per heavy atom. The normalized spacial score (nSPS) is 13.3. The third-order valence-corrected chi connectivity index (χ3v) is 6.23. The van der Waals surface area contributed by atoms with Gasteiger partial charge in [-0.2, -0.15) is 0 Å². The van der Waals surface area contributed by atoms with E-state index in [1.165, 1.54) is 0 Å². The van der Waals surface area contributed by atoms with Crippen molar-refractivity contribution in [1.82, 2.24) is 9.71 Å². The molecule has 0 bridgehead atoms. The fraction of sp³-hybridized carbons (Fsp3) is 0.350. The van der Waals surface area contributed by atoms with Crippen LogP contribution >= 0.6 is 39.5 Å². The highest BCUT2D eigenvalue weighted by Gasteiger charge is 2.18. The first-order chi connectivity index (χ1) is 12.2. The van der Waals surface area contributed by atoms with Gasteiger partial charge in [0.05, 0.1) is 5.02 Å². The van der Waals surface area contributed by atoms with Crippen LogP contribution in [0.2, 0.25) is 5.02 Å². The van der Waals surface area contributed by atoms with Gasteiger partial charge in [0, 0.05) is 20.8 Å². The van der Waals surface area contributed by atoms with Crippen LogP contribution in [0.4, 0.5) is 0 Å². The van der Waals surface area contributed by atoms with Gasteiger partial charge in [-0.25, -0.2) is 4.98 Å². The number of oxazole rings is 1. The van der Waals surface area contributed by atoms with Gasteiger partial charge >= 0.3 is 0 Å². The quantitative estimate of drug-likeness (QED) is 0.420. The molecule has 0 fully saturated rings. The zero-order valence-electron chi connectivity index (χ0n) is 15.5. The minimum atomic E-state index is 0.140. The van der Waals surface area contributed by atoms with Gasteiger partial charge in [0.2, 0.25) is 5.89 Å². The molecule has 138 valence electrons. The molecule has 0 aliphatic carbocycles. The number of rotatable bonds is 4. The average molecular weight is 454 g/mol. The first kappa shape index (κ1) is 19.7. The fourth-order valence-corrected chi connectivity index (χ4v) is 3.84. The summed E-state index contributed by atoms with van der Waals surface area (Å²) in [6.07, 6.45) is 0. The Bertz CT molecular complexity index is 949. The molecule has 1 atom stereocenters. The van der Waals surface area contributed by atoms with E-state index < -0.39 is 0 Å². The van der Waals surface area contributed by atoms with E-state index in [2.05, 4.69) is 48.3 Å². The molecule has 3 nitrogen and oxygen atoms in total. The molecule has 3 rings (SSSR count). The number of aromatic nitrogens is 1. The lowest BCUT2D eigenvalue weighted by Crippen LogP contribution is -2.19. The minimum Gasteiger partial charge on any atom is -0.434 e. The summed E-state index contributed by atoms with van der Waals surface area (Å²) in [6, 6.07) is 10.1. The van der Waals surface area contributed by atoms with Crippen molar-refractivity contribution in [3.8, 4) is 11.5 Å². The Balaban J connectivity index is 1.98. The standard InChI is InChI=1S/C20H22BrClN2OS/c1-11-14(7-6-8-15(11)21)19-23-17-10-13(9-16(22)18(17)25-19)12(2)24-26-20(3,4)5/h6-10,12,24H,1-5H3. The van der Waals surface area contributed by atoms with Crippen LogP contribution in [-0.2, 0) is 0 Å². The van der Waals surface area contributed by atoms with Gasteiger partial charge in [-0.05, 0) is 70.0 Å². The van der Waals surface area contributed by atoms with E-state index in [9.17, 15) is 0 Å². The van der Waals surface area contributed by atoms with Crippen molar-refractivity contribution >= 4 is 50.6 Å². The average Bonchev–Trinajstić information content (AvgIpc) is 2.99. The highest BCUT2D eigenvalue weighted by Crippen LogP contribution is 2.35. The number of hydrogen-bond acceptors (Lipinski definition) is 4. The van der Waals surface area contributed by atoms with E-state index in [1.54, 1.807) is 11.9 Å². The molecule has 0 saturated carbocycles. The van der Waals surface area contributed by atoms with Crippen LogP contribution in [0.5, 0.6) is 0 Å². The predicted molar refractivity (Wildman–Crippen MR) is 116 cm³/mol. The molecule has 0 amide bonds. The van der Waals surface area contributed by atoms with Crippen molar-refractivity contribution in [2.75, 3.05) is 0 Å². The third-order valence-electron chi connectivity index (χ3n) is 4.01. The van der Waals surface area contributed by atoms with E-state index in [0.717, 1.165) is 26.7 Å². The number of benzene rings is 2. The second-order valence-corrected chi connectivity index (χ2v) is 10.3. The summed E-state index contributed by atoms with van der Waals surface area (Å²) in [5.41, 5.74) is 4.54. The van der Waals surface area contributed by atoms with Crippen LogP contribution in [0, 0.1) is 6.92 Å². The van der Waals surface area contributed by atoms with E-state index in [4.69, 9.17) is 21.0 Å². The van der Waals surface area contributed by atoms with Crippen LogP contribution in [0.25, 0.3) is 22.6 Å². The van der Waals surface area contributed by atoms with Crippen molar-refractivity contribution in [3.05, 3.63) is 51.0 Å². The third kappa shape index (κ3) is 4.28. The molecule has 0 aliphatic heterocycles. The van der Waals surface area contributed by atoms with Crippen LogP contribution in [0.3, 0.4) is 0 Å². The van der Waals surface area contributed by atoms with Crippen molar-refractivity contribution in [2.24, 2.45) is 0 Å². The largest absolute Gasteiger partial charge is 0.434 e. The molecule has 0 radical (unpaired) electrons. The van der Waals surface area contributed by atoms with Gasteiger partial charge in [-0.3, -0.25) is 4.72 Å². The molecule has 6 heteroatoms. The highest BCUT2D eigenvalue weighted by atomic mass is 79.9. The van der Waals surface area contributed by atoms with Crippen molar-refractivity contribution in [1.29, 1.82) is 0 Å². The molecule has 2 aromatic carbocycles. The Morgan fingerprint density at radius 2 is 2.00 bits per heavy atom. The first-order valence-electron chi connectivity index (χ1n) is 8.45. The maximum absolute atomic E-state index is 6.49. The van der Waals surface area contributed by atoms with Crippen LogP contribution in [-0.4, -0.2) is 9.73 Å². The summed E-state index contributed by atoms with van der Waals surface area (Å²) in [6.45, 7) is 10.7. The number of hydrogen-bond donors (Lipinski definition) is 1. The van der Waals surface area contributed by atoms with Crippen molar-refractivity contribution in [2.45, 2.75) is 45.4 Å². The molecule has 3 aromatic rings. The van der Waals surface area contributed by atoms with E-state index in [-0.39, 0.29) is 10.8 Å². The number of nitrogens with zero attached hydrogens (tertiary/aromatic N) is 1. The summed E-state index contributed by atoms with van der Waals surface area (Å²) >= 11 is 11.8. The lowest BCUT2D eigenvalue weighted by molar-refractivity contribution is 0.619. The van der Waals surface area contributed by atoms with E-state index in [1.807, 2.05) is 37.3 Å². The minimum absolute atomic E-state index is 0.140. The monoisotopic (exact) mass is 452 g/mol. The number of halogens is 2. The van der Waals surface area contributed by atoms with Crippen LogP contribution in [0.1, 0.15) is 44.9 Å². The maximum atomic E-state index is 6.49. The lowest BCUT2D eigenvalue weighted by atomic mass is 10.1. The molecular weight excluding hydrogens is 432 g/mol. The van der Waals surface area contributed by atoms with E-state index >= 15 is 0 Å². The fourth-order valence-electron chi connectivity index (χ4n) is 2.55. The highest BCUT2D eigenvalue weighted by molar-refractivity contribution is 9.10. The van der Waals surface area contributed by atoms with E-state index in [0.29, 0.717) is 16.5 Å². The van der Waals surface area contributed by atoms with Gasteiger partial charge < -0.3 is 4.42 Å². The Morgan fingerprint density at radius 1 is 1.27 bits per heavy atom. The Hall–Kier alpha value is -1.01. The molecule has 0 aliphatic rings. The summed E-state index contributed by atoms with van der Waals surface area (Å²) in [5.74, 6) is 0.586. The van der Waals surface area contributed by atoms with Crippen LogP contribution in [0.15, 0.2) is 39.2 Å². The number of fused-ring (bicyclic) bond motifs is 1. The van der Waals surface area contributed by atoms with Crippen molar-refractivity contribution in [3.63, 3.8) is 0 Å². The SMILES string of the molecule is Cc1c(Br)cccc1-c1nc2cc(C(C)NSC(C)(C)C)cc(Cl)c2o1. The predicted octanol–water partition coefficient (Wildman–Crippen LogP) is 7.32. The summed E-state index contributed by atoms with van der Waals surface area (Å²) < 4.78 is 10.6. The molecular formula is C20H22BrClN2OS. The summed E-state index contributed by atoms with van der Waals surface area (Å²) in [4.78, 5) is 4.69. The van der Waals surface area contributed by atoms with Gasteiger partial charge in [-0.15, -0.1) is 0 Å². The Labute approximate surface area is 172 Å². The maximum Gasteiger partial charge on any atom is 0.227 e. The first-order valence-corrected chi connectivity index (χ1v) is 10.4. The van der Waals surface area contributed by atoms with Gasteiger partial charge in [0.25, 0.3) is 0 Å². The smallest absolute Gasteiger partial charge is 0.227 e. The lowest BCUT2D eigenvalue weighted by Gasteiger charge is -2.22.